The van der Waals surface area contributed by atoms with Crippen molar-refractivity contribution in [2.24, 2.45) is 5.92 Å². The molecule has 4 heteroatoms. The molecule has 0 amide bonds. The summed E-state index contributed by atoms with van der Waals surface area (Å²) < 4.78 is 4.52. The van der Waals surface area contributed by atoms with Gasteiger partial charge in [-0.15, -0.1) is 11.8 Å². The van der Waals surface area contributed by atoms with Gasteiger partial charge in [-0.1, -0.05) is 18.2 Å². The maximum Gasteiger partial charge on any atom is 0.315 e. The van der Waals surface area contributed by atoms with Crippen molar-refractivity contribution < 1.29 is 14.3 Å². The molecule has 0 aliphatic heterocycles. The van der Waals surface area contributed by atoms with Gasteiger partial charge >= 0.3 is 5.97 Å². The topological polar surface area (TPSA) is 43.4 Å². The number of hydrogen-bond donors (Lipinski definition) is 0. The molecule has 0 spiro atoms. The number of esters is 1. The zero-order valence-corrected chi connectivity index (χ0v) is 10.1. The molecule has 1 atom stereocenters. The number of benzene rings is 1. The normalized spacial score (nSPS) is 11.9. The third-order valence-corrected chi connectivity index (χ3v) is 3.20. The number of methoxy groups -OCH3 is 1. The van der Waals surface area contributed by atoms with Gasteiger partial charge in [-0.05, 0) is 19.1 Å². The lowest BCUT2D eigenvalue weighted by Gasteiger charge is -2.07. The van der Waals surface area contributed by atoms with Crippen molar-refractivity contribution in [2.45, 2.75) is 11.8 Å². The highest BCUT2D eigenvalue weighted by Crippen LogP contribution is 2.18. The summed E-state index contributed by atoms with van der Waals surface area (Å²) in [6.07, 6.45) is 0. The SMILES string of the molecule is COC(=O)C(C)C(=O)CSc1ccccc1. The summed E-state index contributed by atoms with van der Waals surface area (Å²) in [5, 5.41) is 0. The Morgan fingerprint density at radius 1 is 1.31 bits per heavy atom. The van der Waals surface area contributed by atoms with E-state index in [1.807, 2.05) is 30.3 Å². The van der Waals surface area contributed by atoms with E-state index < -0.39 is 11.9 Å². The lowest BCUT2D eigenvalue weighted by molar-refractivity contribution is -0.147. The molecule has 0 saturated heterocycles. The van der Waals surface area contributed by atoms with Crippen LogP contribution in [0.25, 0.3) is 0 Å². The van der Waals surface area contributed by atoms with E-state index in [4.69, 9.17) is 0 Å². The fourth-order valence-corrected chi connectivity index (χ4v) is 2.01. The van der Waals surface area contributed by atoms with Gasteiger partial charge in [-0.25, -0.2) is 0 Å². The summed E-state index contributed by atoms with van der Waals surface area (Å²) in [6.45, 7) is 1.57. The van der Waals surface area contributed by atoms with E-state index in [9.17, 15) is 9.59 Å². The van der Waals surface area contributed by atoms with Gasteiger partial charge in [-0.2, -0.15) is 0 Å². The molecule has 0 fully saturated rings. The molecule has 1 aromatic rings. The van der Waals surface area contributed by atoms with E-state index in [1.54, 1.807) is 6.92 Å². The molecular weight excluding hydrogens is 224 g/mol. The fraction of sp³-hybridized carbons (Fsp3) is 0.333. The largest absolute Gasteiger partial charge is 0.468 e. The highest BCUT2D eigenvalue weighted by molar-refractivity contribution is 8.00. The molecule has 0 saturated carbocycles. The van der Waals surface area contributed by atoms with Crippen molar-refractivity contribution in [3.63, 3.8) is 0 Å². The Hall–Kier alpha value is -1.29. The Labute approximate surface area is 99.2 Å². The highest BCUT2D eigenvalue weighted by Gasteiger charge is 2.21. The van der Waals surface area contributed by atoms with Crippen LogP contribution in [0.1, 0.15) is 6.92 Å². The summed E-state index contributed by atoms with van der Waals surface area (Å²) >= 11 is 1.43. The lowest BCUT2D eigenvalue weighted by atomic mass is 10.1. The first kappa shape index (κ1) is 12.8. The van der Waals surface area contributed by atoms with Crippen LogP contribution >= 0.6 is 11.8 Å². The van der Waals surface area contributed by atoms with Crippen LogP contribution in [0.15, 0.2) is 35.2 Å². The second-order valence-electron chi connectivity index (χ2n) is 3.31. The molecule has 0 bridgehead atoms. The summed E-state index contributed by atoms with van der Waals surface area (Å²) in [7, 11) is 1.29. The van der Waals surface area contributed by atoms with Crippen LogP contribution in [0.2, 0.25) is 0 Å². The second kappa shape index (κ2) is 6.33. The Balaban J connectivity index is 2.44. The van der Waals surface area contributed by atoms with Crippen molar-refractivity contribution in [3.8, 4) is 0 Å². The minimum absolute atomic E-state index is 0.110. The number of hydrogen-bond acceptors (Lipinski definition) is 4. The molecule has 86 valence electrons. The third kappa shape index (κ3) is 3.70. The van der Waals surface area contributed by atoms with Gasteiger partial charge in [0.1, 0.15) is 5.92 Å². The second-order valence-corrected chi connectivity index (χ2v) is 4.36. The molecule has 0 N–H and O–H groups in total. The van der Waals surface area contributed by atoms with Gasteiger partial charge in [0.15, 0.2) is 5.78 Å². The molecule has 3 nitrogen and oxygen atoms in total. The van der Waals surface area contributed by atoms with Gasteiger partial charge in [0.2, 0.25) is 0 Å². The van der Waals surface area contributed by atoms with Crippen LogP contribution in [-0.4, -0.2) is 24.6 Å². The van der Waals surface area contributed by atoms with Crippen molar-refractivity contribution in [1.29, 1.82) is 0 Å². The van der Waals surface area contributed by atoms with Crippen molar-refractivity contribution >= 4 is 23.5 Å². The Morgan fingerprint density at radius 2 is 1.94 bits per heavy atom. The van der Waals surface area contributed by atoms with Gasteiger partial charge in [0.05, 0.1) is 12.9 Å². The predicted octanol–water partition coefficient (Wildman–Crippen LogP) is 2.16. The van der Waals surface area contributed by atoms with Crippen molar-refractivity contribution in [3.05, 3.63) is 30.3 Å². The molecular formula is C12H14O3S. The molecule has 1 aromatic carbocycles. The number of carbonyl (C=O) groups is 2. The van der Waals surface area contributed by atoms with E-state index in [2.05, 4.69) is 4.74 Å². The number of carbonyl (C=O) groups excluding carboxylic acids is 2. The summed E-state index contributed by atoms with van der Waals surface area (Å²) in [4.78, 5) is 23.7. The monoisotopic (exact) mass is 238 g/mol. The maximum atomic E-state index is 11.6. The zero-order chi connectivity index (χ0) is 12.0. The molecule has 0 heterocycles. The lowest BCUT2D eigenvalue weighted by Crippen LogP contribution is -2.23. The number of thioether (sulfide) groups is 1. The summed E-state index contributed by atoms with van der Waals surface area (Å²) in [6, 6.07) is 9.61. The smallest absolute Gasteiger partial charge is 0.315 e. The number of Topliss-reactive ketones (excluding diaryl/α,β-unsaturated/α-hetero) is 1. The first-order chi connectivity index (χ1) is 7.65. The maximum absolute atomic E-state index is 11.6. The number of ketones is 1. The average Bonchev–Trinajstić information content (AvgIpc) is 2.35. The average molecular weight is 238 g/mol. The summed E-state index contributed by atoms with van der Waals surface area (Å²) in [5.74, 6) is -0.971. The zero-order valence-electron chi connectivity index (χ0n) is 9.30. The molecule has 0 radical (unpaired) electrons. The van der Waals surface area contributed by atoms with E-state index in [0.29, 0.717) is 5.75 Å². The van der Waals surface area contributed by atoms with Crippen LogP contribution in [0.4, 0.5) is 0 Å². The van der Waals surface area contributed by atoms with Crippen LogP contribution in [0, 0.1) is 5.92 Å². The van der Waals surface area contributed by atoms with Crippen LogP contribution in [0.3, 0.4) is 0 Å². The minimum Gasteiger partial charge on any atom is -0.468 e. The van der Waals surface area contributed by atoms with Gasteiger partial charge in [-0.3, -0.25) is 9.59 Å². The standard InChI is InChI=1S/C12H14O3S/c1-9(12(14)15-2)11(13)8-16-10-6-4-3-5-7-10/h3-7,9H,8H2,1-2H3. The van der Waals surface area contributed by atoms with Crippen LogP contribution < -0.4 is 0 Å². The third-order valence-electron chi connectivity index (χ3n) is 2.16. The van der Waals surface area contributed by atoms with E-state index >= 15 is 0 Å². The van der Waals surface area contributed by atoms with Crippen LogP contribution in [-0.2, 0) is 14.3 Å². The Bertz CT molecular complexity index is 362. The van der Waals surface area contributed by atoms with Crippen molar-refractivity contribution in [1.82, 2.24) is 0 Å². The highest BCUT2D eigenvalue weighted by atomic mass is 32.2. The van der Waals surface area contributed by atoms with Crippen LogP contribution in [0.5, 0.6) is 0 Å². The van der Waals surface area contributed by atoms with E-state index in [0.717, 1.165) is 4.90 Å². The predicted molar refractivity (Wildman–Crippen MR) is 63.4 cm³/mol. The minimum atomic E-state index is -0.679. The number of ether oxygens (including phenoxy) is 1. The Kier molecular flexibility index (Phi) is 5.05. The van der Waals surface area contributed by atoms with Gasteiger partial charge in [0.25, 0.3) is 0 Å². The number of rotatable bonds is 5. The molecule has 16 heavy (non-hydrogen) atoms. The fourth-order valence-electron chi connectivity index (χ4n) is 1.10. The van der Waals surface area contributed by atoms with Gasteiger partial charge < -0.3 is 4.74 Å². The molecule has 1 unspecified atom stereocenters. The first-order valence-corrected chi connectivity index (χ1v) is 5.92. The van der Waals surface area contributed by atoms with E-state index in [-0.39, 0.29) is 5.78 Å². The first-order valence-electron chi connectivity index (χ1n) is 4.93. The molecule has 0 aromatic heterocycles. The summed E-state index contributed by atoms with van der Waals surface area (Å²) in [5.41, 5.74) is 0. The molecule has 0 aliphatic carbocycles. The van der Waals surface area contributed by atoms with Gasteiger partial charge in [0, 0.05) is 4.90 Å². The van der Waals surface area contributed by atoms with E-state index in [1.165, 1.54) is 18.9 Å². The molecule has 1 rings (SSSR count). The Morgan fingerprint density at radius 3 is 2.50 bits per heavy atom. The molecule has 0 aliphatic rings. The van der Waals surface area contributed by atoms with Crippen molar-refractivity contribution in [2.75, 3.05) is 12.9 Å². The quantitative estimate of drug-likeness (QED) is 0.448.